The molecule has 0 saturated carbocycles. The lowest BCUT2D eigenvalue weighted by Gasteiger charge is -2.20. The molecule has 2 heterocycles. The van der Waals surface area contributed by atoms with Crippen LogP contribution in [0, 0.1) is 13.8 Å². The van der Waals surface area contributed by atoms with Gasteiger partial charge in [0.15, 0.2) is 5.75 Å². The van der Waals surface area contributed by atoms with E-state index in [2.05, 4.69) is 44.2 Å². The largest absolute Gasteiger partial charge is 0.493 e. The van der Waals surface area contributed by atoms with E-state index in [1.165, 1.54) is 15.3 Å². The Morgan fingerprint density at radius 1 is 1.35 bits per heavy atom. The molecule has 2 aromatic heterocycles. The molecule has 0 radical (unpaired) electrons. The van der Waals surface area contributed by atoms with Crippen LogP contribution in [0.15, 0.2) is 12.3 Å². The van der Waals surface area contributed by atoms with Crippen LogP contribution in [0.1, 0.15) is 46.9 Å². The van der Waals surface area contributed by atoms with Crippen molar-refractivity contribution in [2.24, 2.45) is 0 Å². The van der Waals surface area contributed by atoms with Gasteiger partial charge in [-0.1, -0.05) is 0 Å². The molecule has 5 heteroatoms. The Labute approximate surface area is 124 Å². The molecule has 0 aromatic carbocycles. The summed E-state index contributed by atoms with van der Waals surface area (Å²) in [4.78, 5) is 2.65. The molecule has 1 unspecified atom stereocenters. The van der Waals surface area contributed by atoms with Gasteiger partial charge in [0, 0.05) is 15.8 Å². The van der Waals surface area contributed by atoms with Crippen LogP contribution in [0.2, 0.25) is 0 Å². The van der Waals surface area contributed by atoms with Crippen LogP contribution in [0.3, 0.4) is 0 Å². The van der Waals surface area contributed by atoms with Gasteiger partial charge in [0.2, 0.25) is 0 Å². The lowest BCUT2D eigenvalue weighted by atomic mass is 10.1. The van der Waals surface area contributed by atoms with Crippen molar-refractivity contribution in [2.45, 2.75) is 39.8 Å². The average molecular weight is 293 g/mol. The number of thiophene rings is 1. The topological polar surface area (TPSA) is 39.1 Å². The summed E-state index contributed by atoms with van der Waals surface area (Å²) >= 11 is 1.83. The van der Waals surface area contributed by atoms with Crippen molar-refractivity contribution < 1.29 is 4.74 Å². The highest BCUT2D eigenvalue weighted by molar-refractivity contribution is 7.12. The smallest absolute Gasteiger partial charge is 0.161 e. The summed E-state index contributed by atoms with van der Waals surface area (Å²) in [6.45, 7) is 8.58. The van der Waals surface area contributed by atoms with Crippen molar-refractivity contribution in [3.63, 3.8) is 0 Å². The molecule has 2 rings (SSSR count). The first-order valence-electron chi connectivity index (χ1n) is 6.85. The summed E-state index contributed by atoms with van der Waals surface area (Å²) in [5.41, 5.74) is 2.42. The first-order chi connectivity index (χ1) is 9.49. The molecule has 0 saturated heterocycles. The van der Waals surface area contributed by atoms with Gasteiger partial charge < -0.3 is 10.1 Å². The lowest BCUT2D eigenvalue weighted by molar-refractivity contribution is 0.397. The van der Waals surface area contributed by atoms with Crippen molar-refractivity contribution in [3.05, 3.63) is 33.3 Å². The van der Waals surface area contributed by atoms with E-state index in [4.69, 9.17) is 4.74 Å². The molecular formula is C15H23N3OS. The zero-order valence-electron chi connectivity index (χ0n) is 13.0. The van der Waals surface area contributed by atoms with Crippen molar-refractivity contribution >= 4 is 11.3 Å². The molecule has 0 bridgehead atoms. The quantitative estimate of drug-likeness (QED) is 0.917. The molecule has 2 aromatic rings. The summed E-state index contributed by atoms with van der Waals surface area (Å²) in [6, 6.07) is 2.65. The normalized spacial score (nSPS) is 12.9. The van der Waals surface area contributed by atoms with E-state index >= 15 is 0 Å². The van der Waals surface area contributed by atoms with Gasteiger partial charge in [-0.25, -0.2) is 0 Å². The van der Waals surface area contributed by atoms with Gasteiger partial charge in [-0.05, 0) is 46.4 Å². The molecule has 1 N–H and O–H groups in total. The Morgan fingerprint density at radius 2 is 2.05 bits per heavy atom. The van der Waals surface area contributed by atoms with Crippen LogP contribution in [0.4, 0.5) is 0 Å². The summed E-state index contributed by atoms with van der Waals surface area (Å²) in [6.07, 6.45) is 1.80. The molecule has 0 aliphatic rings. The van der Waals surface area contributed by atoms with Gasteiger partial charge in [0.25, 0.3) is 0 Å². The number of ether oxygens (including phenoxy) is 1. The average Bonchev–Trinajstić information content (AvgIpc) is 2.96. The number of nitrogens with zero attached hydrogens (tertiary/aromatic N) is 2. The lowest BCUT2D eigenvalue weighted by Crippen LogP contribution is -2.22. The van der Waals surface area contributed by atoms with E-state index < -0.39 is 0 Å². The third kappa shape index (κ3) is 2.60. The molecule has 1 atom stereocenters. The molecule has 0 aliphatic heterocycles. The second-order valence-electron chi connectivity index (χ2n) is 5.25. The molecule has 0 aliphatic carbocycles. The number of methoxy groups -OCH3 is 1. The third-order valence-electron chi connectivity index (χ3n) is 3.54. The number of rotatable bonds is 5. The van der Waals surface area contributed by atoms with E-state index in [1.807, 2.05) is 23.1 Å². The minimum absolute atomic E-state index is 0.104. The molecule has 110 valence electrons. The minimum atomic E-state index is 0.104. The van der Waals surface area contributed by atoms with Crippen molar-refractivity contribution in [1.29, 1.82) is 0 Å². The monoisotopic (exact) mass is 293 g/mol. The van der Waals surface area contributed by atoms with Crippen LogP contribution in [-0.4, -0.2) is 23.9 Å². The number of hydrogen-bond donors (Lipinski definition) is 1. The first-order valence-corrected chi connectivity index (χ1v) is 7.66. The number of hydrogen-bond acceptors (Lipinski definition) is 4. The second kappa shape index (κ2) is 5.97. The van der Waals surface area contributed by atoms with Crippen molar-refractivity contribution in [3.8, 4) is 5.75 Å². The van der Waals surface area contributed by atoms with Crippen LogP contribution < -0.4 is 10.1 Å². The Hall–Kier alpha value is -1.33. The van der Waals surface area contributed by atoms with E-state index in [9.17, 15) is 0 Å². The Balaban J connectivity index is 2.53. The van der Waals surface area contributed by atoms with Gasteiger partial charge in [-0.3, -0.25) is 4.68 Å². The number of aryl methyl sites for hydroxylation is 2. The van der Waals surface area contributed by atoms with Crippen LogP contribution in [0.25, 0.3) is 0 Å². The van der Waals surface area contributed by atoms with E-state index in [0.717, 1.165) is 11.4 Å². The van der Waals surface area contributed by atoms with Crippen molar-refractivity contribution in [2.75, 3.05) is 14.2 Å². The zero-order chi connectivity index (χ0) is 14.9. The van der Waals surface area contributed by atoms with Crippen molar-refractivity contribution in [1.82, 2.24) is 15.1 Å². The van der Waals surface area contributed by atoms with Gasteiger partial charge in [-0.2, -0.15) is 5.10 Å². The highest BCUT2D eigenvalue weighted by atomic mass is 32.1. The number of aromatic nitrogens is 2. The minimum Gasteiger partial charge on any atom is -0.493 e. The second-order valence-corrected chi connectivity index (χ2v) is 6.53. The summed E-state index contributed by atoms with van der Waals surface area (Å²) in [5, 5.41) is 7.87. The maximum absolute atomic E-state index is 5.50. The molecule has 0 amide bonds. The first kappa shape index (κ1) is 15.1. The highest BCUT2D eigenvalue weighted by Gasteiger charge is 2.25. The maximum Gasteiger partial charge on any atom is 0.161 e. The summed E-state index contributed by atoms with van der Waals surface area (Å²) in [5.74, 6) is 0.835. The Bertz CT molecular complexity index is 566. The predicted octanol–water partition coefficient (Wildman–Crippen LogP) is 3.46. The SMILES string of the molecule is CNC(c1cc(C)c(C)s1)c1c(OC)cnn1C(C)C. The van der Waals surface area contributed by atoms with Gasteiger partial charge in [0.05, 0.1) is 19.3 Å². The van der Waals surface area contributed by atoms with E-state index in [0.29, 0.717) is 6.04 Å². The fraction of sp³-hybridized carbons (Fsp3) is 0.533. The third-order valence-corrected chi connectivity index (χ3v) is 4.76. The maximum atomic E-state index is 5.50. The highest BCUT2D eigenvalue weighted by Crippen LogP contribution is 2.35. The number of nitrogens with one attached hydrogen (secondary N) is 1. The summed E-state index contributed by atoms with van der Waals surface area (Å²) < 4.78 is 7.53. The zero-order valence-corrected chi connectivity index (χ0v) is 13.8. The van der Waals surface area contributed by atoms with E-state index in [1.54, 1.807) is 13.3 Å². The Kier molecular flexibility index (Phi) is 4.50. The van der Waals surface area contributed by atoms with Crippen LogP contribution >= 0.6 is 11.3 Å². The predicted molar refractivity (Wildman–Crippen MR) is 83.9 cm³/mol. The molecule has 4 nitrogen and oxygen atoms in total. The van der Waals surface area contributed by atoms with Gasteiger partial charge >= 0.3 is 0 Å². The summed E-state index contributed by atoms with van der Waals surface area (Å²) in [7, 11) is 3.68. The Morgan fingerprint density at radius 3 is 2.50 bits per heavy atom. The molecular weight excluding hydrogens is 270 g/mol. The standard InChI is InChI=1S/C15H23N3OS/c1-9(2)18-15(12(19-6)8-17-18)14(16-5)13-7-10(3)11(4)20-13/h7-9,14,16H,1-6H3. The van der Waals surface area contributed by atoms with Crippen LogP contribution in [-0.2, 0) is 0 Å². The molecule has 20 heavy (non-hydrogen) atoms. The molecule has 0 fully saturated rings. The fourth-order valence-corrected chi connectivity index (χ4v) is 3.51. The fourth-order valence-electron chi connectivity index (χ4n) is 2.36. The van der Waals surface area contributed by atoms with Crippen LogP contribution in [0.5, 0.6) is 5.75 Å². The van der Waals surface area contributed by atoms with E-state index in [-0.39, 0.29) is 6.04 Å². The molecule has 0 spiro atoms. The van der Waals surface area contributed by atoms with Gasteiger partial charge in [0.1, 0.15) is 5.69 Å². The van der Waals surface area contributed by atoms with Gasteiger partial charge in [-0.15, -0.1) is 11.3 Å².